The van der Waals surface area contributed by atoms with E-state index < -0.39 is 16.4 Å². The van der Waals surface area contributed by atoms with E-state index in [-0.39, 0.29) is 17.5 Å². The third-order valence-corrected chi connectivity index (χ3v) is 6.70. The largest absolute Gasteiger partial charge is 0.573 e. The van der Waals surface area contributed by atoms with Crippen molar-refractivity contribution in [3.05, 3.63) is 42.6 Å². The third-order valence-electron chi connectivity index (χ3n) is 5.34. The van der Waals surface area contributed by atoms with Crippen molar-refractivity contribution in [3.63, 3.8) is 0 Å². The Bertz CT molecular complexity index is 958. The van der Waals surface area contributed by atoms with Gasteiger partial charge in [-0.25, -0.2) is 18.1 Å². The molecule has 1 aliphatic rings. The summed E-state index contributed by atoms with van der Waals surface area (Å²) in [5.41, 5.74) is 1.26. The summed E-state index contributed by atoms with van der Waals surface area (Å²) in [5, 5.41) is 3.38. The van der Waals surface area contributed by atoms with E-state index in [1.54, 1.807) is 31.3 Å². The van der Waals surface area contributed by atoms with E-state index in [1.165, 1.54) is 18.2 Å². The molecule has 0 radical (unpaired) electrons. The van der Waals surface area contributed by atoms with E-state index in [0.29, 0.717) is 29.4 Å². The van der Waals surface area contributed by atoms with Crippen molar-refractivity contribution in [1.29, 1.82) is 0 Å². The highest BCUT2D eigenvalue weighted by Crippen LogP contribution is 2.29. The number of aromatic nitrogens is 1. The van der Waals surface area contributed by atoms with Gasteiger partial charge in [-0.3, -0.25) is 0 Å². The predicted octanol–water partition coefficient (Wildman–Crippen LogP) is 4.56. The summed E-state index contributed by atoms with van der Waals surface area (Å²) in [6.45, 7) is 2.10. The molecule has 10 heteroatoms. The van der Waals surface area contributed by atoms with Crippen LogP contribution in [0.1, 0.15) is 32.6 Å². The van der Waals surface area contributed by atoms with Crippen LogP contribution in [0.4, 0.5) is 19.0 Å². The highest BCUT2D eigenvalue weighted by Gasteiger charge is 2.31. The molecule has 0 saturated heterocycles. The Balaban J connectivity index is 1.52. The van der Waals surface area contributed by atoms with Crippen LogP contribution in [0.3, 0.4) is 0 Å². The molecule has 31 heavy (non-hydrogen) atoms. The van der Waals surface area contributed by atoms with Gasteiger partial charge >= 0.3 is 6.36 Å². The first kappa shape index (κ1) is 23.3. The number of anilines is 1. The number of sulfonamides is 1. The number of hydrogen-bond donors (Lipinski definition) is 2. The summed E-state index contributed by atoms with van der Waals surface area (Å²) in [6, 6.07) is 9.63. The molecule has 2 N–H and O–H groups in total. The minimum Gasteiger partial charge on any atom is -0.406 e. The average Bonchev–Trinajstić information content (AvgIpc) is 2.73. The highest BCUT2D eigenvalue weighted by atomic mass is 32.2. The molecule has 170 valence electrons. The molecule has 2 aromatic rings. The average molecular weight is 458 g/mol. The Kier molecular flexibility index (Phi) is 7.42. The zero-order valence-electron chi connectivity index (χ0n) is 17.2. The molecular weight excluding hydrogens is 431 g/mol. The van der Waals surface area contributed by atoms with E-state index in [0.717, 1.165) is 25.7 Å². The molecule has 1 aromatic heterocycles. The van der Waals surface area contributed by atoms with Gasteiger partial charge in [-0.15, -0.1) is 13.2 Å². The molecule has 3 rings (SSSR count). The molecule has 0 unspecified atom stereocenters. The van der Waals surface area contributed by atoms with E-state index in [4.69, 9.17) is 0 Å². The van der Waals surface area contributed by atoms with Crippen LogP contribution in [0, 0.1) is 5.92 Å². The highest BCUT2D eigenvalue weighted by molar-refractivity contribution is 7.89. The van der Waals surface area contributed by atoms with Crippen LogP contribution in [-0.2, 0) is 10.0 Å². The van der Waals surface area contributed by atoms with Crippen LogP contribution in [0.15, 0.2) is 42.6 Å². The number of pyridine rings is 1. The van der Waals surface area contributed by atoms with Gasteiger partial charge in [0.15, 0.2) is 0 Å². The van der Waals surface area contributed by atoms with Gasteiger partial charge in [0.25, 0.3) is 0 Å². The fourth-order valence-corrected chi connectivity index (χ4v) is 4.28. The first-order valence-corrected chi connectivity index (χ1v) is 11.8. The molecule has 0 atom stereocenters. The minimum absolute atomic E-state index is 0.0885. The topological polar surface area (TPSA) is 80.3 Å². The van der Waals surface area contributed by atoms with Gasteiger partial charge in [0, 0.05) is 24.3 Å². The van der Waals surface area contributed by atoms with Crippen LogP contribution in [-0.4, -0.2) is 38.1 Å². The Hall–Kier alpha value is -2.33. The maximum Gasteiger partial charge on any atom is 0.573 e. The Morgan fingerprint density at radius 2 is 1.84 bits per heavy atom. The predicted molar refractivity (Wildman–Crippen MR) is 113 cm³/mol. The van der Waals surface area contributed by atoms with Crippen LogP contribution >= 0.6 is 0 Å². The first-order chi connectivity index (χ1) is 14.6. The normalized spacial score (nSPS) is 19.7. The third kappa shape index (κ3) is 7.39. The lowest BCUT2D eigenvalue weighted by molar-refractivity contribution is -0.274. The maximum absolute atomic E-state index is 12.4. The van der Waals surface area contributed by atoms with Gasteiger partial charge < -0.3 is 10.1 Å². The molecular formula is C21H26F3N3O3S. The summed E-state index contributed by atoms with van der Waals surface area (Å²) in [5.74, 6) is 0.846. The molecule has 1 heterocycles. The van der Waals surface area contributed by atoms with Crippen LogP contribution in [0.5, 0.6) is 5.75 Å². The molecule has 1 aromatic carbocycles. The van der Waals surface area contributed by atoms with E-state index in [2.05, 4.69) is 19.8 Å². The monoisotopic (exact) mass is 457 g/mol. The standard InChI is InChI=1S/C21H26F3N3O3S/c1-2-31(28,29)26-13-15-6-9-18(10-7-15)27-20-11-8-17(14-25-20)16-4-3-5-19(12-16)30-21(22,23)24/h3-5,8,11-12,14-15,18,26H,2,6-7,9-10,13H2,1H3,(H,25,27)/t15-,18-. The maximum atomic E-state index is 12.4. The molecule has 6 nitrogen and oxygen atoms in total. The van der Waals surface area contributed by atoms with E-state index >= 15 is 0 Å². The Morgan fingerprint density at radius 3 is 2.45 bits per heavy atom. The van der Waals surface area contributed by atoms with Crippen LogP contribution in [0.25, 0.3) is 11.1 Å². The van der Waals surface area contributed by atoms with E-state index in [9.17, 15) is 21.6 Å². The molecule has 0 aliphatic heterocycles. The number of nitrogens with zero attached hydrogens (tertiary/aromatic N) is 1. The first-order valence-electron chi connectivity index (χ1n) is 10.2. The molecule has 1 fully saturated rings. The number of rotatable bonds is 8. The van der Waals surface area contributed by atoms with Gasteiger partial charge in [-0.1, -0.05) is 12.1 Å². The fourth-order valence-electron chi connectivity index (χ4n) is 3.59. The second-order valence-corrected chi connectivity index (χ2v) is 9.72. The number of benzene rings is 1. The van der Waals surface area contributed by atoms with Gasteiger partial charge in [0.2, 0.25) is 10.0 Å². The van der Waals surface area contributed by atoms with Crippen molar-refractivity contribution in [2.45, 2.75) is 45.0 Å². The smallest absolute Gasteiger partial charge is 0.406 e. The van der Waals surface area contributed by atoms with Crippen molar-refractivity contribution in [2.24, 2.45) is 5.92 Å². The molecule has 0 bridgehead atoms. The lowest BCUT2D eigenvalue weighted by Gasteiger charge is -2.29. The van der Waals surface area contributed by atoms with Crippen molar-refractivity contribution in [1.82, 2.24) is 9.71 Å². The summed E-state index contributed by atoms with van der Waals surface area (Å²) in [4.78, 5) is 4.39. The SMILES string of the molecule is CCS(=O)(=O)NC[C@H]1CC[C@H](Nc2ccc(-c3cccc(OC(F)(F)F)c3)cn2)CC1. The molecule has 1 saturated carbocycles. The van der Waals surface area contributed by atoms with E-state index in [1.807, 2.05) is 0 Å². The van der Waals surface area contributed by atoms with Crippen molar-refractivity contribution in [2.75, 3.05) is 17.6 Å². The van der Waals surface area contributed by atoms with Gasteiger partial charge in [0.05, 0.1) is 5.75 Å². The second kappa shape index (κ2) is 9.86. The second-order valence-electron chi connectivity index (χ2n) is 7.62. The van der Waals surface area contributed by atoms with Crippen molar-refractivity contribution < 1.29 is 26.3 Å². The van der Waals surface area contributed by atoms with Crippen LogP contribution in [0.2, 0.25) is 0 Å². The molecule has 1 aliphatic carbocycles. The quantitative estimate of drug-likeness (QED) is 0.608. The number of nitrogens with one attached hydrogen (secondary N) is 2. The van der Waals surface area contributed by atoms with Crippen molar-refractivity contribution in [3.8, 4) is 16.9 Å². The van der Waals surface area contributed by atoms with Crippen molar-refractivity contribution >= 4 is 15.8 Å². The number of alkyl halides is 3. The number of ether oxygens (including phenoxy) is 1. The zero-order chi connectivity index (χ0) is 22.5. The van der Waals surface area contributed by atoms with Gasteiger partial charge in [-0.05, 0) is 68.4 Å². The summed E-state index contributed by atoms with van der Waals surface area (Å²) in [7, 11) is -3.16. The summed E-state index contributed by atoms with van der Waals surface area (Å²) < 4.78 is 67.0. The zero-order valence-corrected chi connectivity index (χ0v) is 18.0. The van der Waals surface area contributed by atoms with Crippen LogP contribution < -0.4 is 14.8 Å². The van der Waals surface area contributed by atoms with Gasteiger partial charge in [-0.2, -0.15) is 0 Å². The number of halogens is 3. The number of hydrogen-bond acceptors (Lipinski definition) is 5. The lowest BCUT2D eigenvalue weighted by Crippen LogP contribution is -2.34. The minimum atomic E-state index is -4.73. The lowest BCUT2D eigenvalue weighted by atomic mass is 9.86. The fraction of sp³-hybridized carbons (Fsp3) is 0.476. The van der Waals surface area contributed by atoms with Gasteiger partial charge in [0.1, 0.15) is 11.6 Å². The Morgan fingerprint density at radius 1 is 1.10 bits per heavy atom. The molecule has 0 spiro atoms. The Labute approximate surface area is 180 Å². The molecule has 0 amide bonds. The summed E-state index contributed by atoms with van der Waals surface area (Å²) in [6.07, 6.45) is 0.559. The summed E-state index contributed by atoms with van der Waals surface area (Å²) >= 11 is 0.